The minimum atomic E-state index is -0.335. The van der Waals surface area contributed by atoms with E-state index >= 15 is 0 Å². The predicted octanol–water partition coefficient (Wildman–Crippen LogP) is 2.98. The SMILES string of the molecule is N#Cc1nc2ccc(NC(=O)C=COCCOCCOCCN=[N+]=[N-])cc2s1. The van der Waals surface area contributed by atoms with Crippen LogP contribution in [0.2, 0.25) is 0 Å². The van der Waals surface area contributed by atoms with Crippen molar-refractivity contribution in [3.05, 3.63) is 46.0 Å². The molecule has 1 aromatic heterocycles. The Morgan fingerprint density at radius 2 is 2.11 bits per heavy atom. The minimum Gasteiger partial charge on any atom is -0.499 e. The lowest BCUT2D eigenvalue weighted by Gasteiger charge is -2.05. The zero-order valence-corrected chi connectivity index (χ0v) is 15.7. The second-order valence-corrected chi connectivity index (χ2v) is 6.19. The summed E-state index contributed by atoms with van der Waals surface area (Å²) in [7, 11) is 0. The molecule has 28 heavy (non-hydrogen) atoms. The maximum Gasteiger partial charge on any atom is 0.251 e. The number of nitrogens with one attached hydrogen (secondary N) is 1. The number of nitrogens with zero attached hydrogens (tertiary/aromatic N) is 5. The number of anilines is 1. The van der Waals surface area contributed by atoms with E-state index in [1.54, 1.807) is 18.2 Å². The molecule has 1 heterocycles. The number of hydrogen-bond acceptors (Lipinski definition) is 8. The van der Waals surface area contributed by atoms with E-state index in [4.69, 9.17) is 25.0 Å². The molecule has 0 bridgehead atoms. The Bertz CT molecular complexity index is 901. The van der Waals surface area contributed by atoms with Crippen molar-refractivity contribution in [1.82, 2.24) is 4.98 Å². The van der Waals surface area contributed by atoms with Gasteiger partial charge in [-0.2, -0.15) is 5.26 Å². The van der Waals surface area contributed by atoms with Crippen LogP contribution >= 0.6 is 11.3 Å². The maximum absolute atomic E-state index is 11.9. The van der Waals surface area contributed by atoms with Crippen molar-refractivity contribution in [2.75, 3.05) is 44.9 Å². The van der Waals surface area contributed by atoms with Crippen LogP contribution in [0.1, 0.15) is 5.01 Å². The number of azide groups is 1. The monoisotopic (exact) mass is 402 g/mol. The third-order valence-corrected chi connectivity index (χ3v) is 4.11. The van der Waals surface area contributed by atoms with Gasteiger partial charge in [-0.05, 0) is 23.7 Å². The number of carbonyl (C=O) groups is 1. The molecule has 11 heteroatoms. The first-order chi connectivity index (χ1) is 13.7. The maximum atomic E-state index is 11.9. The molecule has 0 spiro atoms. The zero-order chi connectivity index (χ0) is 20.0. The fraction of sp³-hybridized carbons (Fsp3) is 0.353. The van der Waals surface area contributed by atoms with Crippen molar-refractivity contribution in [3.63, 3.8) is 0 Å². The fourth-order valence-electron chi connectivity index (χ4n) is 1.99. The standard InChI is InChI=1S/C17H18N6O4S/c18-12-17-22-14-2-1-13(11-15(14)28-17)21-16(24)3-5-25-7-9-27-10-8-26-6-4-20-23-19/h1-3,5,11H,4,6-10H2,(H,21,24). The second-order valence-electron chi connectivity index (χ2n) is 5.16. The summed E-state index contributed by atoms with van der Waals surface area (Å²) >= 11 is 1.27. The van der Waals surface area contributed by atoms with Crippen LogP contribution in [-0.4, -0.2) is 50.5 Å². The third kappa shape index (κ3) is 7.61. The Kier molecular flexibility index (Phi) is 9.26. The average molecular weight is 402 g/mol. The Labute approximate surface area is 165 Å². The molecule has 0 saturated heterocycles. The van der Waals surface area contributed by atoms with Gasteiger partial charge in [-0.25, -0.2) is 4.98 Å². The molecule has 0 unspecified atom stereocenters. The topological polar surface area (TPSA) is 142 Å². The van der Waals surface area contributed by atoms with Gasteiger partial charge in [0.15, 0.2) is 5.01 Å². The Morgan fingerprint density at radius 3 is 2.89 bits per heavy atom. The molecule has 0 saturated carbocycles. The van der Waals surface area contributed by atoms with Crippen LogP contribution in [-0.2, 0) is 19.0 Å². The van der Waals surface area contributed by atoms with Crippen molar-refractivity contribution in [2.45, 2.75) is 0 Å². The van der Waals surface area contributed by atoms with Gasteiger partial charge < -0.3 is 19.5 Å². The predicted molar refractivity (Wildman–Crippen MR) is 104 cm³/mol. The molecule has 146 valence electrons. The number of hydrogen-bond donors (Lipinski definition) is 1. The van der Waals surface area contributed by atoms with E-state index in [0.717, 1.165) is 10.2 Å². The van der Waals surface area contributed by atoms with Gasteiger partial charge in [0.25, 0.3) is 5.91 Å². The molecule has 1 aromatic carbocycles. The third-order valence-electron chi connectivity index (χ3n) is 3.18. The van der Waals surface area contributed by atoms with Crippen LogP contribution in [0.3, 0.4) is 0 Å². The van der Waals surface area contributed by atoms with Gasteiger partial charge in [-0.3, -0.25) is 4.79 Å². The number of thiazole rings is 1. The Hall–Kier alpha value is -3.16. The number of rotatable bonds is 12. The van der Waals surface area contributed by atoms with Crippen LogP contribution in [0.25, 0.3) is 20.7 Å². The largest absolute Gasteiger partial charge is 0.499 e. The lowest BCUT2D eigenvalue weighted by Crippen LogP contribution is -2.10. The first-order valence-corrected chi connectivity index (χ1v) is 9.11. The molecule has 0 fully saturated rings. The van der Waals surface area contributed by atoms with Gasteiger partial charge >= 0.3 is 0 Å². The summed E-state index contributed by atoms with van der Waals surface area (Å²) < 4.78 is 16.5. The molecule has 0 aliphatic heterocycles. The number of nitriles is 1. The molecular weight excluding hydrogens is 384 g/mol. The molecular formula is C17H18N6O4S. The van der Waals surface area contributed by atoms with Gasteiger partial charge in [-0.15, -0.1) is 11.3 Å². The summed E-state index contributed by atoms with van der Waals surface area (Å²) in [6, 6.07) is 7.24. The number of fused-ring (bicyclic) bond motifs is 1. The number of ether oxygens (including phenoxy) is 3. The molecule has 1 N–H and O–H groups in total. The lowest BCUT2D eigenvalue weighted by atomic mass is 10.3. The molecule has 1 amide bonds. The number of aromatic nitrogens is 1. The minimum absolute atomic E-state index is 0.297. The summed E-state index contributed by atoms with van der Waals surface area (Å²) in [6.45, 7) is 2.11. The summed E-state index contributed by atoms with van der Waals surface area (Å²) in [5.41, 5.74) is 9.42. The van der Waals surface area contributed by atoms with Gasteiger partial charge in [0.05, 0.1) is 42.9 Å². The smallest absolute Gasteiger partial charge is 0.251 e. The summed E-state index contributed by atoms with van der Waals surface area (Å²) in [5.74, 6) is -0.335. The van der Waals surface area contributed by atoms with Crippen LogP contribution in [0, 0.1) is 11.3 Å². The van der Waals surface area contributed by atoms with Crippen molar-refractivity contribution >= 4 is 33.1 Å². The van der Waals surface area contributed by atoms with Crippen LogP contribution < -0.4 is 5.32 Å². The van der Waals surface area contributed by atoms with Gasteiger partial charge in [0.2, 0.25) is 0 Å². The van der Waals surface area contributed by atoms with E-state index in [2.05, 4.69) is 20.3 Å². The van der Waals surface area contributed by atoms with Gasteiger partial charge in [-0.1, -0.05) is 5.11 Å². The first kappa shape index (κ1) is 21.1. The summed E-state index contributed by atoms with van der Waals surface area (Å²) in [5, 5.41) is 15.3. The van der Waals surface area contributed by atoms with E-state index < -0.39 is 0 Å². The molecule has 2 aromatic rings. The molecule has 0 atom stereocenters. The van der Waals surface area contributed by atoms with E-state index in [1.165, 1.54) is 23.7 Å². The normalized spacial score (nSPS) is 10.5. The summed E-state index contributed by atoms with van der Waals surface area (Å²) in [6.07, 6.45) is 2.57. The second kappa shape index (κ2) is 12.3. The molecule has 0 radical (unpaired) electrons. The highest BCUT2D eigenvalue weighted by Crippen LogP contribution is 2.24. The lowest BCUT2D eigenvalue weighted by molar-refractivity contribution is -0.112. The van der Waals surface area contributed by atoms with E-state index in [1.807, 2.05) is 6.07 Å². The van der Waals surface area contributed by atoms with Crippen LogP contribution in [0.4, 0.5) is 5.69 Å². The molecule has 0 aliphatic carbocycles. The van der Waals surface area contributed by atoms with Gasteiger partial charge in [0.1, 0.15) is 12.7 Å². The highest BCUT2D eigenvalue weighted by atomic mass is 32.1. The van der Waals surface area contributed by atoms with Gasteiger partial charge in [0, 0.05) is 23.2 Å². The number of carbonyl (C=O) groups excluding carboxylic acids is 1. The van der Waals surface area contributed by atoms with Crippen molar-refractivity contribution < 1.29 is 19.0 Å². The van der Waals surface area contributed by atoms with Crippen LogP contribution in [0.5, 0.6) is 0 Å². The first-order valence-electron chi connectivity index (χ1n) is 8.29. The summed E-state index contributed by atoms with van der Waals surface area (Å²) in [4.78, 5) is 18.6. The highest BCUT2D eigenvalue weighted by Gasteiger charge is 2.05. The fourth-order valence-corrected chi connectivity index (χ4v) is 2.79. The molecule has 2 rings (SSSR count). The van der Waals surface area contributed by atoms with Crippen molar-refractivity contribution in [3.8, 4) is 6.07 Å². The quantitative estimate of drug-likeness (QED) is 0.144. The van der Waals surface area contributed by atoms with E-state index in [0.29, 0.717) is 50.3 Å². The Balaban J connectivity index is 1.58. The number of benzene rings is 1. The molecule has 0 aliphatic rings. The Morgan fingerprint density at radius 1 is 1.32 bits per heavy atom. The number of amides is 1. The van der Waals surface area contributed by atoms with Crippen molar-refractivity contribution in [1.29, 1.82) is 5.26 Å². The highest BCUT2D eigenvalue weighted by molar-refractivity contribution is 7.19. The van der Waals surface area contributed by atoms with Crippen molar-refractivity contribution in [2.24, 2.45) is 5.11 Å². The molecule has 10 nitrogen and oxygen atoms in total. The van der Waals surface area contributed by atoms with E-state index in [-0.39, 0.29) is 5.91 Å². The zero-order valence-electron chi connectivity index (χ0n) is 14.9. The van der Waals surface area contributed by atoms with E-state index in [9.17, 15) is 4.79 Å². The van der Waals surface area contributed by atoms with Crippen LogP contribution in [0.15, 0.2) is 35.7 Å². The average Bonchev–Trinajstić information content (AvgIpc) is 3.11.